The SMILES string of the molecule is N#CC1=C(Cl)CCCC1. The first kappa shape index (κ1) is 6.64. The Morgan fingerprint density at radius 1 is 1.33 bits per heavy atom. The number of halogens is 1. The van der Waals surface area contributed by atoms with Crippen molar-refractivity contribution >= 4 is 11.6 Å². The van der Waals surface area contributed by atoms with Crippen molar-refractivity contribution in [1.29, 1.82) is 5.26 Å². The standard InChI is InChI=1S/C7H8ClN/c8-7-4-2-1-3-6(7)5-9/h1-4H2. The van der Waals surface area contributed by atoms with Crippen molar-refractivity contribution in [2.24, 2.45) is 0 Å². The molecule has 0 aromatic rings. The van der Waals surface area contributed by atoms with Gasteiger partial charge in [-0.1, -0.05) is 11.6 Å². The first-order valence-corrected chi connectivity index (χ1v) is 3.50. The minimum Gasteiger partial charge on any atom is -0.193 e. The molecule has 0 spiro atoms. The largest absolute Gasteiger partial charge is 0.193 e. The lowest BCUT2D eigenvalue weighted by molar-refractivity contribution is 0.705. The molecule has 9 heavy (non-hydrogen) atoms. The van der Waals surface area contributed by atoms with E-state index < -0.39 is 0 Å². The van der Waals surface area contributed by atoms with E-state index >= 15 is 0 Å². The molecule has 1 rings (SSSR count). The molecule has 0 aromatic heterocycles. The summed E-state index contributed by atoms with van der Waals surface area (Å²) in [6.07, 6.45) is 4.06. The maximum atomic E-state index is 8.47. The summed E-state index contributed by atoms with van der Waals surface area (Å²) in [6, 6.07) is 2.10. The average molecular weight is 142 g/mol. The minimum atomic E-state index is 0.781. The molecular formula is C7H8ClN. The van der Waals surface area contributed by atoms with E-state index in [1.807, 2.05) is 0 Å². The van der Waals surface area contributed by atoms with Crippen molar-refractivity contribution < 1.29 is 0 Å². The molecule has 0 fully saturated rings. The molecule has 1 nitrogen and oxygen atoms in total. The maximum Gasteiger partial charge on any atom is 0.0959 e. The number of allylic oxidation sites excluding steroid dienone is 2. The summed E-state index contributed by atoms with van der Waals surface area (Å²) < 4.78 is 0. The van der Waals surface area contributed by atoms with Gasteiger partial charge in [-0.15, -0.1) is 0 Å². The van der Waals surface area contributed by atoms with Crippen molar-refractivity contribution in [3.63, 3.8) is 0 Å². The monoisotopic (exact) mass is 141 g/mol. The van der Waals surface area contributed by atoms with Crippen molar-refractivity contribution in [3.8, 4) is 6.07 Å². The smallest absolute Gasteiger partial charge is 0.0959 e. The molecule has 0 radical (unpaired) electrons. The van der Waals surface area contributed by atoms with Gasteiger partial charge in [0.05, 0.1) is 6.07 Å². The molecule has 2 heteroatoms. The van der Waals surface area contributed by atoms with Crippen LogP contribution in [0.2, 0.25) is 0 Å². The quantitative estimate of drug-likeness (QED) is 0.509. The highest BCUT2D eigenvalue weighted by Crippen LogP contribution is 2.26. The Balaban J connectivity index is 2.74. The van der Waals surface area contributed by atoms with Crippen molar-refractivity contribution in [1.82, 2.24) is 0 Å². The Bertz CT molecular complexity index is 176. The van der Waals surface area contributed by atoms with Crippen LogP contribution < -0.4 is 0 Å². The fourth-order valence-corrected chi connectivity index (χ4v) is 1.26. The van der Waals surface area contributed by atoms with Crippen LogP contribution in [-0.4, -0.2) is 0 Å². The summed E-state index contributed by atoms with van der Waals surface area (Å²) in [5.41, 5.74) is 0.794. The van der Waals surface area contributed by atoms with Gasteiger partial charge in [0.25, 0.3) is 0 Å². The second-order valence-corrected chi connectivity index (χ2v) is 2.66. The van der Waals surface area contributed by atoms with Gasteiger partial charge in [-0.05, 0) is 25.7 Å². The van der Waals surface area contributed by atoms with Gasteiger partial charge < -0.3 is 0 Å². The van der Waals surface area contributed by atoms with Gasteiger partial charge in [0, 0.05) is 10.6 Å². The van der Waals surface area contributed by atoms with Gasteiger partial charge in [-0.2, -0.15) is 5.26 Å². The Labute approximate surface area is 59.9 Å². The van der Waals surface area contributed by atoms with Crippen LogP contribution in [0, 0.1) is 11.3 Å². The van der Waals surface area contributed by atoms with Crippen LogP contribution in [0.3, 0.4) is 0 Å². The van der Waals surface area contributed by atoms with E-state index in [0.29, 0.717) is 0 Å². The fourth-order valence-electron chi connectivity index (χ4n) is 0.985. The van der Waals surface area contributed by atoms with E-state index in [2.05, 4.69) is 6.07 Å². The highest BCUT2D eigenvalue weighted by Gasteiger charge is 2.08. The predicted octanol–water partition coefficient (Wildman–Crippen LogP) is 2.58. The molecule has 1 aliphatic carbocycles. The van der Waals surface area contributed by atoms with Gasteiger partial charge in [0.2, 0.25) is 0 Å². The van der Waals surface area contributed by atoms with Crippen LogP contribution in [0.5, 0.6) is 0 Å². The van der Waals surface area contributed by atoms with Gasteiger partial charge in [0.15, 0.2) is 0 Å². The van der Waals surface area contributed by atoms with E-state index in [4.69, 9.17) is 16.9 Å². The van der Waals surface area contributed by atoms with E-state index in [0.717, 1.165) is 36.3 Å². The Hall–Kier alpha value is -0.480. The molecule has 0 aliphatic heterocycles. The van der Waals surface area contributed by atoms with Crippen molar-refractivity contribution in [2.45, 2.75) is 25.7 Å². The molecule has 0 aromatic carbocycles. The molecule has 0 atom stereocenters. The Morgan fingerprint density at radius 2 is 2.00 bits per heavy atom. The van der Waals surface area contributed by atoms with Crippen LogP contribution in [0.4, 0.5) is 0 Å². The molecule has 48 valence electrons. The first-order valence-electron chi connectivity index (χ1n) is 3.12. The highest BCUT2D eigenvalue weighted by molar-refractivity contribution is 6.30. The Morgan fingerprint density at radius 3 is 2.44 bits per heavy atom. The summed E-state index contributed by atoms with van der Waals surface area (Å²) >= 11 is 5.74. The van der Waals surface area contributed by atoms with Gasteiger partial charge in [0.1, 0.15) is 0 Å². The number of nitriles is 1. The third kappa shape index (κ3) is 1.46. The first-order chi connectivity index (χ1) is 4.34. The highest BCUT2D eigenvalue weighted by atomic mass is 35.5. The summed E-state index contributed by atoms with van der Waals surface area (Å²) in [7, 11) is 0. The van der Waals surface area contributed by atoms with Gasteiger partial charge >= 0.3 is 0 Å². The van der Waals surface area contributed by atoms with Crippen LogP contribution in [-0.2, 0) is 0 Å². The Kier molecular flexibility index (Phi) is 2.13. The second-order valence-electron chi connectivity index (χ2n) is 2.20. The zero-order chi connectivity index (χ0) is 6.69. The molecule has 0 amide bonds. The van der Waals surface area contributed by atoms with E-state index in [1.165, 1.54) is 0 Å². The van der Waals surface area contributed by atoms with E-state index in [-0.39, 0.29) is 0 Å². The minimum absolute atomic E-state index is 0.781. The summed E-state index contributed by atoms with van der Waals surface area (Å²) in [6.45, 7) is 0. The molecule has 0 heterocycles. The van der Waals surface area contributed by atoms with Crippen LogP contribution in [0.15, 0.2) is 10.6 Å². The molecule has 0 saturated carbocycles. The zero-order valence-electron chi connectivity index (χ0n) is 5.15. The van der Waals surface area contributed by atoms with Crippen LogP contribution in [0.1, 0.15) is 25.7 Å². The third-order valence-electron chi connectivity index (χ3n) is 1.54. The zero-order valence-corrected chi connectivity index (χ0v) is 5.91. The van der Waals surface area contributed by atoms with E-state index in [9.17, 15) is 0 Å². The van der Waals surface area contributed by atoms with Crippen LogP contribution in [0.25, 0.3) is 0 Å². The number of rotatable bonds is 0. The molecular weight excluding hydrogens is 134 g/mol. The summed E-state index contributed by atoms with van der Waals surface area (Å²) in [5, 5.41) is 9.25. The van der Waals surface area contributed by atoms with Gasteiger partial charge in [-0.3, -0.25) is 0 Å². The fraction of sp³-hybridized carbons (Fsp3) is 0.571. The van der Waals surface area contributed by atoms with Crippen LogP contribution >= 0.6 is 11.6 Å². The summed E-state index contributed by atoms with van der Waals surface area (Å²) in [5.74, 6) is 0. The van der Waals surface area contributed by atoms with Crippen molar-refractivity contribution in [3.05, 3.63) is 10.6 Å². The molecule has 0 bridgehead atoms. The average Bonchev–Trinajstić information content (AvgIpc) is 1.89. The normalized spacial score (nSPS) is 19.6. The maximum absolute atomic E-state index is 8.47. The van der Waals surface area contributed by atoms with Gasteiger partial charge in [-0.25, -0.2) is 0 Å². The lowest BCUT2D eigenvalue weighted by atomic mass is 10.0. The van der Waals surface area contributed by atoms with E-state index in [1.54, 1.807) is 0 Å². The molecule has 1 aliphatic rings. The topological polar surface area (TPSA) is 23.8 Å². The second kappa shape index (κ2) is 2.89. The number of hydrogen-bond donors (Lipinski definition) is 0. The van der Waals surface area contributed by atoms with Crippen molar-refractivity contribution in [2.75, 3.05) is 0 Å². The molecule has 0 N–H and O–H groups in total. The number of hydrogen-bond acceptors (Lipinski definition) is 1. The molecule has 0 saturated heterocycles. The lowest BCUT2D eigenvalue weighted by Gasteiger charge is -2.08. The summed E-state index contributed by atoms with van der Waals surface area (Å²) in [4.78, 5) is 0. The lowest BCUT2D eigenvalue weighted by Crippen LogP contribution is -1.92. The predicted molar refractivity (Wildman–Crippen MR) is 37.0 cm³/mol. The third-order valence-corrected chi connectivity index (χ3v) is 1.95. The molecule has 0 unspecified atom stereocenters. The number of nitrogens with zero attached hydrogens (tertiary/aromatic N) is 1.